The molecular formula is C19H18FN6O7P. The first-order valence-corrected chi connectivity index (χ1v) is 11.0. The van der Waals surface area contributed by atoms with Crippen molar-refractivity contribution in [1.82, 2.24) is 19.9 Å². The normalized spacial score (nSPS) is 11.8. The van der Waals surface area contributed by atoms with Gasteiger partial charge in [-0.1, -0.05) is 5.16 Å². The van der Waals surface area contributed by atoms with Gasteiger partial charge in [0.05, 0.1) is 30.0 Å². The van der Waals surface area contributed by atoms with E-state index in [0.717, 1.165) is 10.7 Å². The number of hydrogen-bond donors (Lipinski definition) is 4. The molecule has 0 atom stereocenters. The Bertz CT molecular complexity index is 1450. The molecule has 0 spiro atoms. The summed E-state index contributed by atoms with van der Waals surface area (Å²) in [4.78, 5) is 34.2. The summed E-state index contributed by atoms with van der Waals surface area (Å²) < 4.78 is 41.6. The van der Waals surface area contributed by atoms with Crippen LogP contribution in [0.25, 0.3) is 33.4 Å². The number of esters is 1. The third kappa shape index (κ3) is 4.40. The molecule has 0 aliphatic heterocycles. The lowest BCUT2D eigenvalue weighted by Crippen LogP contribution is -2.10. The van der Waals surface area contributed by atoms with Gasteiger partial charge in [0.2, 0.25) is 0 Å². The Hall–Kier alpha value is -3.68. The zero-order valence-corrected chi connectivity index (χ0v) is 18.4. The summed E-state index contributed by atoms with van der Waals surface area (Å²) in [6.07, 6.45) is 4.17. The molecule has 0 unspecified atom stereocenters. The Morgan fingerprint density at radius 2 is 2.06 bits per heavy atom. The number of rotatable bonds is 7. The maximum atomic E-state index is 15.0. The number of phosphoric acid groups is 1. The van der Waals surface area contributed by atoms with Crippen molar-refractivity contribution in [1.29, 1.82) is 0 Å². The minimum atomic E-state index is -4.69. The molecule has 13 nitrogen and oxygen atoms in total. The number of phosphoric ester groups is 1. The predicted octanol–water partition coefficient (Wildman–Crippen LogP) is 1.79. The Morgan fingerprint density at radius 3 is 2.74 bits per heavy atom. The number of fused-ring (bicyclic) bond motifs is 1. The summed E-state index contributed by atoms with van der Waals surface area (Å²) >= 11 is 0. The molecule has 15 heteroatoms. The summed E-state index contributed by atoms with van der Waals surface area (Å²) in [5, 5.41) is 7.91. The van der Waals surface area contributed by atoms with Gasteiger partial charge in [0.15, 0.2) is 18.1 Å². The zero-order chi connectivity index (χ0) is 24.6. The number of aromatic nitrogens is 4. The SMILES string of the molecule is COC(=O)c1cc(-c2ncc(-c3cnn(COP(=O)(O)O)c3)c3onc(N)c23)c(F)cc1CN. The molecule has 1 aromatic carbocycles. The van der Waals surface area contributed by atoms with Gasteiger partial charge in [-0.05, 0) is 17.7 Å². The van der Waals surface area contributed by atoms with E-state index < -0.39 is 26.3 Å². The van der Waals surface area contributed by atoms with Crippen LogP contribution in [0.1, 0.15) is 15.9 Å². The lowest BCUT2D eigenvalue weighted by molar-refractivity contribution is 0.0599. The van der Waals surface area contributed by atoms with Crippen LogP contribution in [-0.2, 0) is 27.1 Å². The molecule has 0 saturated heterocycles. The van der Waals surface area contributed by atoms with Gasteiger partial charge in [0.1, 0.15) is 5.82 Å². The number of nitrogens with zero attached hydrogens (tertiary/aromatic N) is 4. The van der Waals surface area contributed by atoms with Crippen molar-refractivity contribution in [2.75, 3.05) is 12.8 Å². The lowest BCUT2D eigenvalue weighted by atomic mass is 9.98. The second kappa shape index (κ2) is 8.93. The molecule has 4 rings (SSSR count). The van der Waals surface area contributed by atoms with Gasteiger partial charge in [-0.3, -0.25) is 9.51 Å². The van der Waals surface area contributed by atoms with Crippen molar-refractivity contribution in [3.63, 3.8) is 0 Å². The van der Waals surface area contributed by atoms with Gasteiger partial charge in [-0.15, -0.1) is 0 Å². The van der Waals surface area contributed by atoms with E-state index in [4.69, 9.17) is 30.5 Å². The average molecular weight is 492 g/mol. The summed E-state index contributed by atoms with van der Waals surface area (Å²) in [5.74, 6) is -1.46. The smallest absolute Gasteiger partial charge is 0.465 e. The van der Waals surface area contributed by atoms with Crippen molar-refractivity contribution in [3.8, 4) is 22.4 Å². The average Bonchev–Trinajstić information content (AvgIpc) is 3.43. The molecule has 178 valence electrons. The Kier molecular flexibility index (Phi) is 6.17. The standard InChI is InChI=1S/C19H18FN6O7P/c1-31-19(27)11-3-12(14(20)2-9(11)4-21)16-15-17(33-25-18(15)22)13(6-23-16)10-5-24-26(7-10)8-32-34(28,29)30/h2-3,5-7H,4,8,21H2,1H3,(H2,22,25)(H2,28,29,30). The van der Waals surface area contributed by atoms with Crippen molar-refractivity contribution in [2.24, 2.45) is 5.73 Å². The van der Waals surface area contributed by atoms with Gasteiger partial charge >= 0.3 is 13.8 Å². The Balaban J connectivity index is 1.83. The molecular weight excluding hydrogens is 474 g/mol. The molecule has 34 heavy (non-hydrogen) atoms. The van der Waals surface area contributed by atoms with Crippen molar-refractivity contribution >= 4 is 30.6 Å². The quantitative estimate of drug-likeness (QED) is 0.215. The van der Waals surface area contributed by atoms with Crippen LogP contribution >= 0.6 is 7.82 Å². The van der Waals surface area contributed by atoms with Gasteiger partial charge in [0, 0.05) is 35.6 Å². The first-order chi connectivity index (χ1) is 16.1. The van der Waals surface area contributed by atoms with Gasteiger partial charge < -0.3 is 30.5 Å². The first-order valence-electron chi connectivity index (χ1n) is 9.51. The van der Waals surface area contributed by atoms with Gasteiger partial charge in [-0.2, -0.15) is 5.10 Å². The monoisotopic (exact) mass is 492 g/mol. The van der Waals surface area contributed by atoms with Crippen LogP contribution < -0.4 is 11.5 Å². The number of benzene rings is 1. The molecule has 3 heterocycles. The fraction of sp³-hybridized carbons (Fsp3) is 0.158. The second-order valence-electron chi connectivity index (χ2n) is 6.99. The Morgan fingerprint density at radius 1 is 1.29 bits per heavy atom. The number of anilines is 1. The summed E-state index contributed by atoms with van der Waals surface area (Å²) in [6, 6.07) is 2.40. The van der Waals surface area contributed by atoms with E-state index in [2.05, 4.69) is 19.8 Å². The molecule has 4 aromatic rings. The zero-order valence-electron chi connectivity index (χ0n) is 17.5. The lowest BCUT2D eigenvalue weighted by Gasteiger charge is -2.11. The Labute approximate surface area is 190 Å². The molecule has 0 radical (unpaired) electrons. The molecule has 0 amide bonds. The van der Waals surface area contributed by atoms with E-state index >= 15 is 4.39 Å². The van der Waals surface area contributed by atoms with E-state index in [1.165, 1.54) is 31.8 Å². The second-order valence-corrected chi connectivity index (χ2v) is 8.23. The number of nitrogens with two attached hydrogens (primary N) is 2. The number of nitrogen functional groups attached to an aromatic ring is 1. The van der Waals surface area contributed by atoms with Crippen LogP contribution in [0.15, 0.2) is 35.2 Å². The third-order valence-corrected chi connectivity index (χ3v) is 5.35. The number of hydrogen-bond acceptors (Lipinski definition) is 10. The predicted molar refractivity (Wildman–Crippen MR) is 115 cm³/mol. The van der Waals surface area contributed by atoms with Crippen LogP contribution in [0, 0.1) is 5.82 Å². The molecule has 0 saturated carbocycles. The number of halogens is 1. The van der Waals surface area contributed by atoms with Crippen molar-refractivity contribution in [2.45, 2.75) is 13.3 Å². The fourth-order valence-electron chi connectivity index (χ4n) is 3.35. The third-order valence-electron chi connectivity index (χ3n) is 4.90. The van der Waals surface area contributed by atoms with Crippen molar-refractivity contribution < 1.29 is 37.3 Å². The summed E-state index contributed by atoms with van der Waals surface area (Å²) in [6.45, 7) is -0.596. The van der Waals surface area contributed by atoms with Crippen LogP contribution in [0.4, 0.5) is 10.2 Å². The van der Waals surface area contributed by atoms with E-state index in [-0.39, 0.29) is 45.7 Å². The van der Waals surface area contributed by atoms with E-state index in [9.17, 15) is 9.36 Å². The highest BCUT2D eigenvalue weighted by Gasteiger charge is 2.24. The highest BCUT2D eigenvalue weighted by Crippen LogP contribution is 2.39. The minimum Gasteiger partial charge on any atom is -0.465 e. The number of carbonyl (C=O) groups is 1. The number of methoxy groups -OCH3 is 1. The molecule has 0 aliphatic rings. The highest BCUT2D eigenvalue weighted by molar-refractivity contribution is 7.46. The first kappa shape index (κ1) is 23.5. The summed E-state index contributed by atoms with van der Waals surface area (Å²) in [5.41, 5.74) is 12.9. The topological polar surface area (TPSA) is 202 Å². The van der Waals surface area contributed by atoms with Crippen LogP contribution in [0.5, 0.6) is 0 Å². The van der Waals surface area contributed by atoms with Crippen LogP contribution in [-0.4, -0.2) is 42.8 Å². The highest BCUT2D eigenvalue weighted by atomic mass is 31.2. The maximum Gasteiger partial charge on any atom is 0.471 e. The number of pyridine rings is 1. The van der Waals surface area contributed by atoms with Crippen LogP contribution in [0.2, 0.25) is 0 Å². The van der Waals surface area contributed by atoms with Gasteiger partial charge in [-0.25, -0.2) is 18.4 Å². The molecule has 0 fully saturated rings. The molecule has 6 N–H and O–H groups in total. The molecule has 3 aromatic heterocycles. The van der Waals surface area contributed by atoms with E-state index in [0.29, 0.717) is 11.1 Å². The summed E-state index contributed by atoms with van der Waals surface area (Å²) in [7, 11) is -3.49. The molecule has 0 bridgehead atoms. The van der Waals surface area contributed by atoms with Crippen molar-refractivity contribution in [3.05, 3.63) is 47.7 Å². The van der Waals surface area contributed by atoms with E-state index in [1.54, 1.807) is 0 Å². The van der Waals surface area contributed by atoms with Crippen LogP contribution in [0.3, 0.4) is 0 Å². The molecule has 0 aliphatic carbocycles. The number of carbonyl (C=O) groups excluding carboxylic acids is 1. The van der Waals surface area contributed by atoms with Gasteiger partial charge in [0.25, 0.3) is 0 Å². The fourth-order valence-corrected chi connectivity index (χ4v) is 3.62. The number of ether oxygens (including phenoxy) is 1. The van der Waals surface area contributed by atoms with E-state index in [1.807, 2.05) is 0 Å². The minimum absolute atomic E-state index is 0.0465. The largest absolute Gasteiger partial charge is 0.471 e. The maximum absolute atomic E-state index is 15.0.